The minimum atomic E-state index is -1.32. The number of halogens is 1. The van der Waals surface area contributed by atoms with E-state index < -0.39 is 8.07 Å². The molecule has 0 amide bonds. The molecule has 0 atom stereocenters. The molecule has 0 radical (unpaired) electrons. The van der Waals surface area contributed by atoms with E-state index in [1.54, 1.807) is 24.3 Å². The zero-order chi connectivity index (χ0) is 13.6. The monoisotopic (exact) mass is 280 g/mol. The lowest BCUT2D eigenvalue weighted by Gasteiger charge is -2.04. The van der Waals surface area contributed by atoms with E-state index in [0.717, 1.165) is 0 Å². The van der Waals surface area contributed by atoms with Crippen LogP contribution in [0.1, 0.15) is 16.8 Å². The number of rotatable bonds is 3. The van der Waals surface area contributed by atoms with Crippen LogP contribution in [0.15, 0.2) is 24.3 Å². The summed E-state index contributed by atoms with van der Waals surface area (Å²) in [6.07, 6.45) is 0.587. The van der Waals surface area contributed by atoms with Crippen molar-refractivity contribution in [3.63, 3.8) is 0 Å². The molecular weight excluding hydrogens is 264 g/mol. The number of benzene rings is 1. The van der Waals surface area contributed by atoms with E-state index in [4.69, 9.17) is 16.3 Å². The smallest absolute Gasteiger partial charge is 0.338 e. The summed E-state index contributed by atoms with van der Waals surface area (Å²) < 4.78 is 5.11. The molecule has 0 aliphatic carbocycles. The maximum absolute atomic E-state index is 11.6. The maximum Gasteiger partial charge on any atom is 0.338 e. The van der Waals surface area contributed by atoms with E-state index in [9.17, 15) is 4.79 Å². The number of ether oxygens (including phenoxy) is 1. The van der Waals surface area contributed by atoms with Crippen molar-refractivity contribution in [2.75, 3.05) is 6.61 Å². The highest BCUT2D eigenvalue weighted by Crippen LogP contribution is 2.10. The predicted molar refractivity (Wildman–Crippen MR) is 77.5 cm³/mol. The Morgan fingerprint density at radius 3 is 2.44 bits per heavy atom. The van der Waals surface area contributed by atoms with Crippen LogP contribution in [0.2, 0.25) is 24.7 Å². The van der Waals surface area contributed by atoms with Crippen molar-refractivity contribution in [3.05, 3.63) is 34.9 Å². The van der Waals surface area contributed by atoms with Crippen LogP contribution in [-0.4, -0.2) is 20.7 Å². The predicted octanol–water partition coefficient (Wildman–Crippen LogP) is 3.77. The summed E-state index contributed by atoms with van der Waals surface area (Å²) in [5.41, 5.74) is 3.73. The van der Waals surface area contributed by atoms with Crippen LogP contribution in [0.5, 0.6) is 0 Å². The molecule has 0 bridgehead atoms. The van der Waals surface area contributed by atoms with Crippen LogP contribution in [0.25, 0.3) is 0 Å². The van der Waals surface area contributed by atoms with Crippen molar-refractivity contribution in [1.82, 2.24) is 0 Å². The van der Waals surface area contributed by atoms with Crippen molar-refractivity contribution in [2.24, 2.45) is 0 Å². The van der Waals surface area contributed by atoms with Gasteiger partial charge in [0.2, 0.25) is 0 Å². The highest BCUT2D eigenvalue weighted by atomic mass is 35.5. The fraction of sp³-hybridized carbons (Fsp3) is 0.357. The first kappa shape index (κ1) is 14.8. The molecule has 96 valence electrons. The number of hydrogen-bond acceptors (Lipinski definition) is 2. The van der Waals surface area contributed by atoms with E-state index in [-0.39, 0.29) is 5.97 Å². The summed E-state index contributed by atoms with van der Waals surface area (Å²) in [6, 6.07) is 6.64. The van der Waals surface area contributed by atoms with Gasteiger partial charge in [0.15, 0.2) is 0 Å². The third-order valence-electron chi connectivity index (χ3n) is 2.00. The summed E-state index contributed by atoms with van der Waals surface area (Å²) in [5, 5.41) is 0.604. The van der Waals surface area contributed by atoms with Gasteiger partial charge in [-0.3, -0.25) is 0 Å². The molecule has 0 aromatic heterocycles. The maximum atomic E-state index is 11.6. The minimum absolute atomic E-state index is 0.332. The zero-order valence-electron chi connectivity index (χ0n) is 10.9. The molecule has 0 heterocycles. The van der Waals surface area contributed by atoms with Gasteiger partial charge in [-0.2, -0.15) is 0 Å². The Bertz CT molecular complexity index is 463. The topological polar surface area (TPSA) is 26.3 Å². The first-order valence-corrected chi connectivity index (χ1v) is 9.69. The average Bonchev–Trinajstić information content (AvgIpc) is 2.27. The van der Waals surface area contributed by atoms with Crippen LogP contribution >= 0.6 is 11.6 Å². The van der Waals surface area contributed by atoms with Crippen molar-refractivity contribution in [2.45, 2.75) is 26.1 Å². The van der Waals surface area contributed by atoms with Crippen molar-refractivity contribution < 1.29 is 9.53 Å². The van der Waals surface area contributed by atoms with E-state index in [0.29, 0.717) is 23.6 Å². The summed E-state index contributed by atoms with van der Waals surface area (Å²) >= 11 is 5.74. The molecule has 0 saturated heterocycles. The fourth-order valence-electron chi connectivity index (χ4n) is 1.19. The Morgan fingerprint density at radius 2 is 1.89 bits per heavy atom. The highest BCUT2D eigenvalue weighted by molar-refractivity contribution is 6.83. The molecule has 1 rings (SSSR count). The van der Waals surface area contributed by atoms with Gasteiger partial charge in [0.25, 0.3) is 0 Å². The third-order valence-corrected chi connectivity index (χ3v) is 3.18. The Balaban J connectivity index is 2.38. The van der Waals surface area contributed by atoms with Gasteiger partial charge in [-0.05, 0) is 24.3 Å². The Morgan fingerprint density at radius 1 is 1.28 bits per heavy atom. The Hall–Kier alpha value is -1.24. The molecule has 0 aliphatic heterocycles. The Labute approximate surface area is 114 Å². The average molecular weight is 281 g/mol. The van der Waals surface area contributed by atoms with E-state index >= 15 is 0 Å². The highest BCUT2D eigenvalue weighted by Gasteiger charge is 2.08. The second kappa shape index (κ2) is 6.63. The van der Waals surface area contributed by atoms with Gasteiger partial charge in [-0.25, -0.2) is 4.79 Å². The molecule has 1 aromatic carbocycles. The van der Waals surface area contributed by atoms with Crippen LogP contribution in [0.3, 0.4) is 0 Å². The number of hydrogen-bond donors (Lipinski definition) is 0. The number of carbonyl (C=O) groups is 1. The lowest BCUT2D eigenvalue weighted by molar-refractivity contribution is 0.0513. The SMILES string of the molecule is C[Si](C)(C)C#CCCOC(=O)c1ccc(Cl)cc1. The largest absolute Gasteiger partial charge is 0.461 e. The van der Waals surface area contributed by atoms with E-state index in [1.807, 2.05) is 0 Å². The first-order valence-electron chi connectivity index (χ1n) is 5.81. The molecule has 4 heteroatoms. The van der Waals surface area contributed by atoms with Gasteiger partial charge in [-0.15, -0.1) is 11.5 Å². The molecule has 0 spiro atoms. The second-order valence-corrected chi connectivity index (χ2v) is 10.1. The Kier molecular flexibility index (Phi) is 5.45. The molecular formula is C14H17ClO2Si. The minimum Gasteiger partial charge on any atom is -0.461 e. The molecule has 18 heavy (non-hydrogen) atoms. The summed E-state index contributed by atoms with van der Waals surface area (Å²) in [7, 11) is -1.32. The van der Waals surface area contributed by atoms with Gasteiger partial charge in [0.05, 0.1) is 5.56 Å². The van der Waals surface area contributed by atoms with Gasteiger partial charge in [0, 0.05) is 11.4 Å². The molecule has 1 aromatic rings. The van der Waals surface area contributed by atoms with Crippen molar-refractivity contribution in [1.29, 1.82) is 0 Å². The number of esters is 1. The van der Waals surface area contributed by atoms with Crippen molar-refractivity contribution >= 4 is 25.6 Å². The van der Waals surface area contributed by atoms with Crippen LogP contribution in [-0.2, 0) is 4.74 Å². The lowest BCUT2D eigenvalue weighted by Crippen LogP contribution is -2.16. The molecule has 0 N–H and O–H groups in total. The summed E-state index contributed by atoms with van der Waals surface area (Å²) in [5.74, 6) is 2.72. The van der Waals surface area contributed by atoms with E-state index in [1.165, 1.54) is 0 Å². The van der Waals surface area contributed by atoms with E-state index in [2.05, 4.69) is 31.1 Å². The summed E-state index contributed by atoms with van der Waals surface area (Å²) in [4.78, 5) is 11.6. The standard InChI is InChI=1S/C14H17ClO2Si/c1-18(2,3)11-5-4-10-17-14(16)12-6-8-13(15)9-7-12/h6-9H,4,10H2,1-3H3. The molecule has 0 aliphatic rings. The lowest BCUT2D eigenvalue weighted by atomic mass is 10.2. The number of carbonyl (C=O) groups excluding carboxylic acids is 1. The quantitative estimate of drug-likeness (QED) is 0.365. The molecule has 0 saturated carbocycles. The van der Waals surface area contributed by atoms with Gasteiger partial charge < -0.3 is 4.74 Å². The summed E-state index contributed by atoms with van der Waals surface area (Å²) in [6.45, 7) is 6.87. The van der Waals surface area contributed by atoms with Crippen molar-refractivity contribution in [3.8, 4) is 11.5 Å². The van der Waals surface area contributed by atoms with Gasteiger partial charge >= 0.3 is 5.97 Å². The zero-order valence-corrected chi connectivity index (χ0v) is 12.7. The molecule has 0 fully saturated rings. The second-order valence-electron chi connectivity index (χ2n) is 4.94. The van der Waals surface area contributed by atoms with Gasteiger partial charge in [0.1, 0.15) is 14.7 Å². The fourth-order valence-corrected chi connectivity index (χ4v) is 1.97. The molecule has 0 unspecified atom stereocenters. The third kappa shape index (κ3) is 5.90. The van der Waals surface area contributed by atoms with Crippen LogP contribution in [0, 0.1) is 11.5 Å². The van der Waals surface area contributed by atoms with Crippen LogP contribution in [0.4, 0.5) is 0 Å². The van der Waals surface area contributed by atoms with Gasteiger partial charge in [-0.1, -0.05) is 31.2 Å². The molecule has 2 nitrogen and oxygen atoms in total. The van der Waals surface area contributed by atoms with Crippen LogP contribution < -0.4 is 0 Å². The first-order chi connectivity index (χ1) is 8.38. The normalized spacial score (nSPS) is 10.4.